The van der Waals surface area contributed by atoms with Crippen molar-refractivity contribution in [1.29, 1.82) is 0 Å². The second-order valence-electron chi connectivity index (χ2n) is 6.38. The third-order valence-electron chi connectivity index (χ3n) is 3.87. The fourth-order valence-electron chi connectivity index (χ4n) is 2.47. The van der Waals surface area contributed by atoms with Crippen molar-refractivity contribution in [1.82, 2.24) is 15.0 Å². The van der Waals surface area contributed by atoms with E-state index in [1.165, 1.54) is 19.1 Å². The van der Waals surface area contributed by atoms with Gasteiger partial charge in [-0.15, -0.1) is 0 Å². The topological polar surface area (TPSA) is 80.5 Å². The van der Waals surface area contributed by atoms with Crippen LogP contribution in [0.2, 0.25) is 0 Å². The van der Waals surface area contributed by atoms with Gasteiger partial charge in [-0.25, -0.2) is 0 Å². The number of pyridine rings is 1. The lowest BCUT2D eigenvalue weighted by Gasteiger charge is -2.02. The predicted octanol–water partition coefficient (Wildman–Crippen LogP) is 4.91. The van der Waals surface area contributed by atoms with Crippen LogP contribution >= 0.6 is 0 Å². The molecular formula is C24H32N4O2. The van der Waals surface area contributed by atoms with Crippen molar-refractivity contribution in [2.24, 2.45) is 4.99 Å². The highest BCUT2D eigenvalue weighted by atomic mass is 16.5. The Hall–Kier alpha value is -3.28. The van der Waals surface area contributed by atoms with Crippen LogP contribution < -0.4 is 4.74 Å². The molecule has 0 unspecified atom stereocenters. The second-order valence-corrected chi connectivity index (χ2v) is 6.38. The van der Waals surface area contributed by atoms with Crippen molar-refractivity contribution in [2.75, 3.05) is 14.2 Å². The van der Waals surface area contributed by atoms with Gasteiger partial charge >= 0.3 is 0 Å². The fraction of sp³-hybridized carbons (Fsp3) is 0.333. The SMILES string of the molecule is CCCc1cccnc1.CCCc1cnccn1.CN=Cc1ccc(O)c(OC)c1. The molecule has 0 bridgehead atoms. The molecule has 0 atom stereocenters. The van der Waals surface area contributed by atoms with Crippen LogP contribution in [0.15, 0.2) is 66.3 Å². The van der Waals surface area contributed by atoms with Crippen LogP contribution in [-0.2, 0) is 12.8 Å². The maximum atomic E-state index is 9.23. The first-order chi connectivity index (χ1) is 14.6. The van der Waals surface area contributed by atoms with E-state index in [1.807, 2.05) is 18.5 Å². The minimum Gasteiger partial charge on any atom is -0.504 e. The van der Waals surface area contributed by atoms with Crippen molar-refractivity contribution in [3.8, 4) is 11.5 Å². The minimum atomic E-state index is 0.144. The number of ether oxygens (including phenoxy) is 1. The molecule has 0 fully saturated rings. The number of phenols is 1. The predicted molar refractivity (Wildman–Crippen MR) is 122 cm³/mol. The minimum absolute atomic E-state index is 0.144. The number of nitrogens with zero attached hydrogens (tertiary/aromatic N) is 4. The number of aryl methyl sites for hydroxylation is 2. The molecule has 2 heterocycles. The van der Waals surface area contributed by atoms with E-state index in [0.29, 0.717) is 5.75 Å². The summed E-state index contributed by atoms with van der Waals surface area (Å²) in [5.74, 6) is 0.609. The molecular weight excluding hydrogens is 376 g/mol. The summed E-state index contributed by atoms with van der Waals surface area (Å²) in [5.41, 5.74) is 3.33. The van der Waals surface area contributed by atoms with Gasteiger partial charge in [-0.2, -0.15) is 0 Å². The van der Waals surface area contributed by atoms with Crippen LogP contribution in [0.1, 0.15) is 43.5 Å². The van der Waals surface area contributed by atoms with Crippen LogP contribution in [0.3, 0.4) is 0 Å². The highest BCUT2D eigenvalue weighted by molar-refractivity contribution is 5.80. The molecule has 2 aromatic heterocycles. The summed E-state index contributed by atoms with van der Waals surface area (Å²) in [4.78, 5) is 15.9. The Balaban J connectivity index is 0.000000229. The highest BCUT2D eigenvalue weighted by Crippen LogP contribution is 2.25. The Kier molecular flexibility index (Phi) is 12.9. The summed E-state index contributed by atoms with van der Waals surface area (Å²) in [6, 6.07) is 9.16. The lowest BCUT2D eigenvalue weighted by Crippen LogP contribution is -1.87. The summed E-state index contributed by atoms with van der Waals surface area (Å²) in [6.45, 7) is 4.31. The number of phenolic OH excluding ortho intramolecular Hbond substituents is 1. The molecule has 3 aromatic rings. The maximum absolute atomic E-state index is 9.23. The monoisotopic (exact) mass is 408 g/mol. The first-order valence-corrected chi connectivity index (χ1v) is 10.1. The van der Waals surface area contributed by atoms with Crippen molar-refractivity contribution >= 4 is 6.21 Å². The first kappa shape index (κ1) is 24.8. The number of benzene rings is 1. The second kappa shape index (κ2) is 15.6. The molecule has 0 aliphatic heterocycles. The molecule has 30 heavy (non-hydrogen) atoms. The summed E-state index contributed by atoms with van der Waals surface area (Å²) < 4.78 is 4.92. The first-order valence-electron chi connectivity index (χ1n) is 10.1. The molecule has 0 aliphatic carbocycles. The Morgan fingerprint density at radius 1 is 1.00 bits per heavy atom. The van der Waals surface area contributed by atoms with E-state index in [0.717, 1.165) is 30.5 Å². The molecule has 0 saturated heterocycles. The van der Waals surface area contributed by atoms with E-state index in [2.05, 4.69) is 39.9 Å². The van der Waals surface area contributed by atoms with Gasteiger partial charge in [0.15, 0.2) is 11.5 Å². The lowest BCUT2D eigenvalue weighted by atomic mass is 10.2. The molecule has 3 rings (SSSR count). The number of aliphatic imine (C=N–C) groups is 1. The molecule has 0 radical (unpaired) electrons. The van der Waals surface area contributed by atoms with Crippen molar-refractivity contribution in [3.63, 3.8) is 0 Å². The Morgan fingerprint density at radius 3 is 2.33 bits per heavy atom. The highest BCUT2D eigenvalue weighted by Gasteiger charge is 1.99. The summed E-state index contributed by atoms with van der Waals surface area (Å²) in [5, 5.41) is 9.23. The molecule has 160 valence electrons. The van der Waals surface area contributed by atoms with Gasteiger partial charge in [-0.05, 0) is 48.2 Å². The lowest BCUT2D eigenvalue weighted by molar-refractivity contribution is 0.373. The summed E-state index contributed by atoms with van der Waals surface area (Å²) in [6.07, 6.45) is 15.2. The van der Waals surface area contributed by atoms with Crippen LogP contribution in [-0.4, -0.2) is 40.4 Å². The number of methoxy groups -OCH3 is 1. The molecule has 1 N–H and O–H groups in total. The number of hydrogen-bond acceptors (Lipinski definition) is 6. The molecule has 6 nitrogen and oxygen atoms in total. The van der Waals surface area contributed by atoms with Gasteiger partial charge in [0.1, 0.15) is 0 Å². The Morgan fingerprint density at radius 2 is 1.77 bits per heavy atom. The molecule has 0 aliphatic rings. The van der Waals surface area contributed by atoms with E-state index in [-0.39, 0.29) is 5.75 Å². The molecule has 1 aromatic carbocycles. The van der Waals surface area contributed by atoms with Crippen molar-refractivity contribution in [2.45, 2.75) is 39.5 Å². The van der Waals surface area contributed by atoms with Gasteiger partial charge in [0.05, 0.1) is 12.8 Å². The van der Waals surface area contributed by atoms with Crippen molar-refractivity contribution < 1.29 is 9.84 Å². The largest absolute Gasteiger partial charge is 0.504 e. The van der Waals surface area contributed by atoms with E-state index >= 15 is 0 Å². The van der Waals surface area contributed by atoms with Gasteiger partial charge in [-0.1, -0.05) is 32.8 Å². The van der Waals surface area contributed by atoms with E-state index in [9.17, 15) is 5.11 Å². The maximum Gasteiger partial charge on any atom is 0.161 e. The quantitative estimate of drug-likeness (QED) is 0.586. The van der Waals surface area contributed by atoms with Crippen molar-refractivity contribution in [3.05, 3.63) is 78.1 Å². The zero-order chi connectivity index (χ0) is 22.0. The molecule has 0 saturated carbocycles. The van der Waals surface area contributed by atoms with Crippen LogP contribution in [0.4, 0.5) is 0 Å². The molecule has 6 heteroatoms. The number of aromatic nitrogens is 3. The third-order valence-corrected chi connectivity index (χ3v) is 3.87. The number of rotatable bonds is 6. The van der Waals surface area contributed by atoms with Gasteiger partial charge in [0.2, 0.25) is 0 Å². The smallest absolute Gasteiger partial charge is 0.161 e. The Labute approximate surface area is 179 Å². The molecule has 0 amide bonds. The van der Waals surface area contributed by atoms with Gasteiger partial charge in [0, 0.05) is 44.2 Å². The average Bonchev–Trinajstić information content (AvgIpc) is 2.78. The fourth-order valence-corrected chi connectivity index (χ4v) is 2.47. The third kappa shape index (κ3) is 10.3. The van der Waals surface area contributed by atoms with E-state index < -0.39 is 0 Å². The van der Waals surface area contributed by atoms with Gasteiger partial charge in [0.25, 0.3) is 0 Å². The van der Waals surface area contributed by atoms with E-state index in [4.69, 9.17) is 4.74 Å². The van der Waals surface area contributed by atoms with Crippen LogP contribution in [0.25, 0.3) is 0 Å². The van der Waals surface area contributed by atoms with Crippen LogP contribution in [0, 0.1) is 0 Å². The number of aromatic hydroxyl groups is 1. The zero-order valence-corrected chi connectivity index (χ0v) is 18.3. The summed E-state index contributed by atoms with van der Waals surface area (Å²) >= 11 is 0. The van der Waals surface area contributed by atoms with Gasteiger partial charge in [-0.3, -0.25) is 19.9 Å². The van der Waals surface area contributed by atoms with Gasteiger partial charge < -0.3 is 9.84 Å². The van der Waals surface area contributed by atoms with Crippen LogP contribution in [0.5, 0.6) is 11.5 Å². The summed E-state index contributed by atoms with van der Waals surface area (Å²) in [7, 11) is 3.21. The van der Waals surface area contributed by atoms with E-state index in [1.54, 1.807) is 50.1 Å². The average molecular weight is 409 g/mol. The number of hydrogen-bond donors (Lipinski definition) is 1. The standard InChI is InChI=1S/C9H11NO2.C8H11N.C7H10N2/c1-10-6-7-3-4-8(11)9(5-7)12-2;1-2-4-8-5-3-6-9-7-8;1-2-3-7-6-8-4-5-9-7/h3-6,11H,1-2H3;3,5-7H,2,4H2,1H3;4-6H,2-3H2,1H3. The zero-order valence-electron chi connectivity index (χ0n) is 18.3. The Bertz CT molecular complexity index is 799. The molecule has 0 spiro atoms. The normalized spacial score (nSPS) is 9.87.